The maximum atomic E-state index is 12.2. The highest BCUT2D eigenvalue weighted by molar-refractivity contribution is 5.81. The van der Waals surface area contributed by atoms with E-state index in [4.69, 9.17) is 10.5 Å². The highest BCUT2D eigenvalue weighted by atomic mass is 16.6. The largest absolute Gasteiger partial charge is 0.444 e. The third kappa shape index (κ3) is 5.19. The molecule has 1 fully saturated rings. The van der Waals surface area contributed by atoms with E-state index < -0.39 is 11.6 Å². The molecule has 1 saturated heterocycles. The van der Waals surface area contributed by atoms with Crippen molar-refractivity contribution in [3.8, 4) is 0 Å². The predicted molar refractivity (Wildman–Crippen MR) is 81.9 cm³/mol. The molecule has 0 aromatic rings. The van der Waals surface area contributed by atoms with Gasteiger partial charge in [0, 0.05) is 19.6 Å². The van der Waals surface area contributed by atoms with Gasteiger partial charge in [-0.3, -0.25) is 4.79 Å². The number of amides is 2. The number of rotatable bonds is 4. The van der Waals surface area contributed by atoms with Gasteiger partial charge in [0.15, 0.2) is 0 Å². The highest BCUT2D eigenvalue weighted by Crippen LogP contribution is 2.21. The maximum absolute atomic E-state index is 12.2. The van der Waals surface area contributed by atoms with Gasteiger partial charge in [0.2, 0.25) is 5.91 Å². The molecule has 1 aliphatic heterocycles. The minimum atomic E-state index is -0.513. The molecular formula is C15H29N3O3. The molecule has 122 valence electrons. The van der Waals surface area contributed by atoms with Crippen LogP contribution in [0.5, 0.6) is 0 Å². The second-order valence-electron chi connectivity index (χ2n) is 6.64. The molecule has 0 spiro atoms. The molecular weight excluding hydrogens is 270 g/mol. The number of hydrogen-bond acceptors (Lipinski definition) is 4. The van der Waals surface area contributed by atoms with Gasteiger partial charge in [-0.15, -0.1) is 0 Å². The summed E-state index contributed by atoms with van der Waals surface area (Å²) in [5.41, 5.74) is 5.16. The molecule has 0 aliphatic carbocycles. The van der Waals surface area contributed by atoms with Crippen molar-refractivity contribution in [2.45, 2.75) is 65.1 Å². The van der Waals surface area contributed by atoms with Crippen molar-refractivity contribution in [1.82, 2.24) is 9.80 Å². The number of carbonyl (C=O) groups excluding carboxylic acids is 2. The predicted octanol–water partition coefficient (Wildman–Crippen LogP) is 1.58. The lowest BCUT2D eigenvalue weighted by atomic mass is 10.2. The van der Waals surface area contributed by atoms with E-state index in [1.807, 2.05) is 27.7 Å². The molecule has 0 saturated carbocycles. The van der Waals surface area contributed by atoms with Crippen LogP contribution in [-0.4, -0.2) is 59.1 Å². The maximum Gasteiger partial charge on any atom is 0.410 e. The zero-order valence-electron chi connectivity index (χ0n) is 13.9. The Morgan fingerprint density at radius 3 is 2.52 bits per heavy atom. The minimum absolute atomic E-state index is 0.0162. The molecule has 0 aromatic carbocycles. The van der Waals surface area contributed by atoms with Crippen LogP contribution in [0.25, 0.3) is 0 Å². The molecule has 6 nitrogen and oxygen atoms in total. The van der Waals surface area contributed by atoms with Crippen LogP contribution < -0.4 is 5.73 Å². The first-order chi connectivity index (χ1) is 9.65. The summed E-state index contributed by atoms with van der Waals surface area (Å²) < 4.78 is 5.43. The van der Waals surface area contributed by atoms with Crippen molar-refractivity contribution in [2.24, 2.45) is 5.73 Å². The third-order valence-electron chi connectivity index (χ3n) is 3.52. The second-order valence-corrected chi connectivity index (χ2v) is 6.64. The SMILES string of the molecule is CCN(C[C@@H]1CCCN1C(=O)OC(C)(C)C)C(=O)[C@H](C)N. The average Bonchev–Trinajstić information content (AvgIpc) is 2.81. The molecule has 0 unspecified atom stereocenters. The number of carbonyl (C=O) groups is 2. The fraction of sp³-hybridized carbons (Fsp3) is 0.867. The summed E-state index contributed by atoms with van der Waals surface area (Å²) in [4.78, 5) is 27.7. The van der Waals surface area contributed by atoms with Crippen molar-refractivity contribution < 1.29 is 14.3 Å². The van der Waals surface area contributed by atoms with Gasteiger partial charge in [-0.1, -0.05) is 0 Å². The van der Waals surface area contributed by atoms with Crippen LogP contribution in [0.4, 0.5) is 4.79 Å². The molecule has 2 N–H and O–H groups in total. The van der Waals surface area contributed by atoms with E-state index in [9.17, 15) is 9.59 Å². The molecule has 21 heavy (non-hydrogen) atoms. The molecule has 1 aliphatic rings. The molecule has 2 atom stereocenters. The summed E-state index contributed by atoms with van der Waals surface area (Å²) in [5, 5.41) is 0. The van der Waals surface area contributed by atoms with Gasteiger partial charge in [0.25, 0.3) is 0 Å². The van der Waals surface area contributed by atoms with Gasteiger partial charge < -0.3 is 20.3 Å². The summed E-state index contributed by atoms with van der Waals surface area (Å²) in [6, 6.07) is -0.496. The van der Waals surface area contributed by atoms with Crippen molar-refractivity contribution in [2.75, 3.05) is 19.6 Å². The average molecular weight is 299 g/mol. The summed E-state index contributed by atoms with van der Waals surface area (Å²) in [5.74, 6) is -0.0754. The Bertz CT molecular complexity index is 377. The minimum Gasteiger partial charge on any atom is -0.444 e. The normalized spacial score (nSPS) is 20.3. The number of likely N-dealkylation sites (tertiary alicyclic amines) is 1. The lowest BCUT2D eigenvalue weighted by Crippen LogP contribution is -2.49. The van der Waals surface area contributed by atoms with Crippen molar-refractivity contribution >= 4 is 12.0 Å². The quantitative estimate of drug-likeness (QED) is 0.855. The van der Waals surface area contributed by atoms with Gasteiger partial charge in [0.1, 0.15) is 5.60 Å². The standard InChI is InChI=1S/C15H29N3O3/c1-6-17(13(19)11(2)16)10-12-8-7-9-18(12)14(20)21-15(3,4)5/h11-12H,6-10,16H2,1-5H3/t11-,12-/m0/s1. The molecule has 6 heteroatoms. The monoisotopic (exact) mass is 299 g/mol. The topological polar surface area (TPSA) is 75.9 Å². The molecule has 1 rings (SSSR count). The van der Waals surface area contributed by atoms with Crippen molar-refractivity contribution in [3.05, 3.63) is 0 Å². The molecule has 2 amide bonds. The van der Waals surface area contributed by atoms with E-state index in [1.165, 1.54) is 0 Å². The van der Waals surface area contributed by atoms with Crippen molar-refractivity contribution in [1.29, 1.82) is 0 Å². The molecule has 1 heterocycles. The van der Waals surface area contributed by atoms with Gasteiger partial charge in [0.05, 0.1) is 12.1 Å². The molecule has 0 bridgehead atoms. The van der Waals surface area contributed by atoms with Crippen LogP contribution in [0.3, 0.4) is 0 Å². The Kier molecular flexibility index (Phi) is 6.01. The summed E-state index contributed by atoms with van der Waals surface area (Å²) in [6.07, 6.45) is 1.53. The van der Waals surface area contributed by atoms with E-state index in [0.29, 0.717) is 19.6 Å². The Labute approximate surface area is 127 Å². The smallest absolute Gasteiger partial charge is 0.410 e. The first-order valence-electron chi connectivity index (χ1n) is 7.69. The summed E-state index contributed by atoms with van der Waals surface area (Å²) in [7, 11) is 0. The number of hydrogen-bond donors (Lipinski definition) is 1. The summed E-state index contributed by atoms with van der Waals surface area (Å²) >= 11 is 0. The molecule has 0 radical (unpaired) electrons. The van der Waals surface area contributed by atoms with Crippen LogP contribution in [0.15, 0.2) is 0 Å². The van der Waals surface area contributed by atoms with Crippen LogP contribution in [0.2, 0.25) is 0 Å². The number of ether oxygens (including phenoxy) is 1. The first kappa shape index (κ1) is 17.8. The Morgan fingerprint density at radius 1 is 1.43 bits per heavy atom. The Morgan fingerprint density at radius 2 is 2.05 bits per heavy atom. The van der Waals surface area contributed by atoms with E-state index in [1.54, 1.807) is 16.7 Å². The van der Waals surface area contributed by atoms with E-state index in [2.05, 4.69) is 0 Å². The van der Waals surface area contributed by atoms with Crippen LogP contribution >= 0.6 is 0 Å². The number of likely N-dealkylation sites (N-methyl/N-ethyl adjacent to an activating group) is 1. The third-order valence-corrected chi connectivity index (χ3v) is 3.52. The lowest BCUT2D eigenvalue weighted by molar-refractivity contribution is -0.132. The van der Waals surface area contributed by atoms with Gasteiger partial charge >= 0.3 is 6.09 Å². The van der Waals surface area contributed by atoms with Crippen molar-refractivity contribution in [3.63, 3.8) is 0 Å². The van der Waals surface area contributed by atoms with E-state index in [-0.39, 0.29) is 18.0 Å². The van der Waals surface area contributed by atoms with Crippen LogP contribution in [-0.2, 0) is 9.53 Å². The van der Waals surface area contributed by atoms with Crippen LogP contribution in [0, 0.1) is 0 Å². The second kappa shape index (κ2) is 7.11. The van der Waals surface area contributed by atoms with E-state index in [0.717, 1.165) is 12.8 Å². The summed E-state index contributed by atoms with van der Waals surface area (Å²) in [6.45, 7) is 11.0. The number of nitrogens with two attached hydrogens (primary N) is 1. The lowest BCUT2D eigenvalue weighted by Gasteiger charge is -2.32. The fourth-order valence-corrected chi connectivity index (χ4v) is 2.50. The zero-order chi connectivity index (χ0) is 16.2. The van der Waals surface area contributed by atoms with E-state index >= 15 is 0 Å². The zero-order valence-corrected chi connectivity index (χ0v) is 13.9. The highest BCUT2D eigenvalue weighted by Gasteiger charge is 2.34. The van der Waals surface area contributed by atoms with Gasteiger partial charge in [-0.25, -0.2) is 4.79 Å². The first-order valence-corrected chi connectivity index (χ1v) is 7.69. The number of nitrogens with zero attached hydrogens (tertiary/aromatic N) is 2. The Balaban J connectivity index is 2.68. The van der Waals surface area contributed by atoms with Gasteiger partial charge in [-0.05, 0) is 47.5 Å². The Hall–Kier alpha value is -1.30. The van der Waals surface area contributed by atoms with Crippen LogP contribution in [0.1, 0.15) is 47.5 Å². The fourth-order valence-electron chi connectivity index (χ4n) is 2.50. The van der Waals surface area contributed by atoms with Gasteiger partial charge in [-0.2, -0.15) is 0 Å². The molecule has 0 aromatic heterocycles.